The number of carboxylic acid groups (broad SMARTS) is 2. The lowest BCUT2D eigenvalue weighted by Crippen LogP contribution is -2.62. The van der Waals surface area contributed by atoms with Gasteiger partial charge in [0.1, 0.15) is 36.3 Å². The summed E-state index contributed by atoms with van der Waals surface area (Å²) in [6.45, 7) is 8.21. The lowest BCUT2D eigenvalue weighted by Gasteiger charge is -2.31. The van der Waals surface area contributed by atoms with Gasteiger partial charge in [0, 0.05) is 42.8 Å². The van der Waals surface area contributed by atoms with Crippen molar-refractivity contribution in [1.82, 2.24) is 36.9 Å². The highest BCUT2D eigenvalue weighted by Crippen LogP contribution is 2.29. The van der Waals surface area contributed by atoms with Crippen LogP contribution in [-0.4, -0.2) is 98.8 Å². The molecule has 0 aliphatic carbocycles. The van der Waals surface area contributed by atoms with Crippen molar-refractivity contribution in [2.75, 3.05) is 0 Å². The van der Waals surface area contributed by atoms with Crippen LogP contribution < -0.4 is 31.9 Å². The monoisotopic (exact) mass is 957 g/mol. The van der Waals surface area contributed by atoms with Gasteiger partial charge in [-0.15, -0.1) is 0 Å². The van der Waals surface area contributed by atoms with Crippen LogP contribution in [0.5, 0.6) is 0 Å². The van der Waals surface area contributed by atoms with Gasteiger partial charge in [-0.05, 0) is 40.2 Å². The first-order valence-corrected chi connectivity index (χ1v) is 23.4. The Hall–Kier alpha value is -7.82. The maximum absolute atomic E-state index is 14.5. The number of H-pyrrole nitrogens is 1. The van der Waals surface area contributed by atoms with Gasteiger partial charge in [0.15, 0.2) is 0 Å². The van der Waals surface area contributed by atoms with Gasteiger partial charge in [0.25, 0.3) is 0 Å². The maximum Gasteiger partial charge on any atom is 0.326 e. The third-order valence-electron chi connectivity index (χ3n) is 12.5. The topological polar surface area (TPSA) is 265 Å². The molecule has 0 saturated heterocycles. The molecule has 5 aromatic rings. The first kappa shape index (κ1) is 53.1. The van der Waals surface area contributed by atoms with Crippen LogP contribution in [0, 0.1) is 11.8 Å². The normalized spacial score (nSPS) is 14.6. The average Bonchev–Trinajstić information content (AvgIpc) is 3.76. The molecule has 17 heteroatoms. The Bertz CT molecular complexity index is 2550. The summed E-state index contributed by atoms with van der Waals surface area (Å²) in [4.78, 5) is 112. The number of amides is 6. The Morgan fingerprint density at radius 1 is 0.514 bits per heavy atom. The molecule has 0 bridgehead atoms. The van der Waals surface area contributed by atoms with Crippen LogP contribution >= 0.6 is 0 Å². The summed E-state index contributed by atoms with van der Waals surface area (Å²) in [7, 11) is 0. The summed E-state index contributed by atoms with van der Waals surface area (Å²) in [6, 6.07) is 25.8. The van der Waals surface area contributed by atoms with E-state index in [1.807, 2.05) is 60.7 Å². The minimum atomic E-state index is -1.76. The Kier molecular flexibility index (Phi) is 19.4. The van der Waals surface area contributed by atoms with E-state index in [1.165, 1.54) is 6.92 Å². The molecule has 4 aromatic carbocycles. The zero-order valence-electron chi connectivity index (χ0n) is 39.9. The van der Waals surface area contributed by atoms with Crippen molar-refractivity contribution in [2.45, 2.75) is 109 Å². The van der Waals surface area contributed by atoms with Gasteiger partial charge in [-0.25, -0.2) is 4.79 Å². The van der Waals surface area contributed by atoms with Crippen molar-refractivity contribution in [1.29, 1.82) is 0 Å². The molecule has 9 N–H and O–H groups in total. The van der Waals surface area contributed by atoms with Gasteiger partial charge in [-0.3, -0.25) is 33.6 Å². The number of carbonyl (C=O) groups is 8. The van der Waals surface area contributed by atoms with E-state index in [1.54, 1.807) is 88.5 Å². The first-order chi connectivity index (χ1) is 33.5. The second-order valence-electron chi connectivity index (χ2n) is 17.6. The highest BCUT2D eigenvalue weighted by molar-refractivity contribution is 5.98. The second-order valence-corrected chi connectivity index (χ2v) is 17.6. The Balaban J connectivity index is 1.38. The zero-order chi connectivity index (χ0) is 50.9. The van der Waals surface area contributed by atoms with E-state index >= 15 is 0 Å². The van der Waals surface area contributed by atoms with Crippen molar-refractivity contribution >= 4 is 58.3 Å². The maximum atomic E-state index is 14.5. The molecule has 0 aliphatic heterocycles. The Labute approximate surface area is 407 Å². The lowest BCUT2D eigenvalue weighted by molar-refractivity contribution is -0.142. The number of rotatable bonds is 25. The molecule has 1 heterocycles. The van der Waals surface area contributed by atoms with Crippen molar-refractivity contribution in [2.24, 2.45) is 11.8 Å². The van der Waals surface area contributed by atoms with Gasteiger partial charge in [-0.2, -0.15) is 0 Å². The number of benzene rings is 4. The van der Waals surface area contributed by atoms with Crippen LogP contribution in [0.1, 0.15) is 82.1 Å². The predicted molar refractivity (Wildman–Crippen MR) is 263 cm³/mol. The van der Waals surface area contributed by atoms with Crippen LogP contribution in [0.3, 0.4) is 0 Å². The highest BCUT2D eigenvalue weighted by Gasteiger charge is 2.38. The molecule has 0 radical (unpaired) electrons. The fraction of sp³-hybridized carbons (Fsp3) is 0.358. The van der Waals surface area contributed by atoms with Gasteiger partial charge in [0.2, 0.25) is 35.4 Å². The van der Waals surface area contributed by atoms with Crippen molar-refractivity contribution in [3.8, 4) is 0 Å². The van der Waals surface area contributed by atoms with Crippen LogP contribution in [0.2, 0.25) is 0 Å². The van der Waals surface area contributed by atoms with Crippen molar-refractivity contribution in [3.63, 3.8) is 0 Å². The molecule has 0 fully saturated rings. The number of carboxylic acids is 2. The van der Waals surface area contributed by atoms with Gasteiger partial charge in [0.05, 0.1) is 6.42 Å². The summed E-state index contributed by atoms with van der Waals surface area (Å²) in [5.74, 6) is -9.29. The molecule has 0 spiro atoms. The summed E-state index contributed by atoms with van der Waals surface area (Å²) in [5.41, 5.74) is 3.47. The summed E-state index contributed by atoms with van der Waals surface area (Å²) in [6.07, 6.45) is 1.35. The minimum Gasteiger partial charge on any atom is -0.481 e. The van der Waals surface area contributed by atoms with Crippen LogP contribution in [0.4, 0.5) is 0 Å². The number of nitrogens with one attached hydrogen (secondary N) is 7. The molecule has 70 heavy (non-hydrogen) atoms. The molecular weight excluding hydrogens is 895 g/mol. The number of carbonyl (C=O) groups excluding carboxylic acids is 6. The Morgan fingerprint density at radius 3 is 1.50 bits per heavy atom. The molecular formula is C53H63N7O10. The van der Waals surface area contributed by atoms with E-state index in [9.17, 15) is 48.6 Å². The highest BCUT2D eigenvalue weighted by atomic mass is 16.4. The van der Waals surface area contributed by atoms with E-state index in [0.717, 1.165) is 10.9 Å². The lowest BCUT2D eigenvalue weighted by atomic mass is 9.84. The van der Waals surface area contributed by atoms with Gasteiger partial charge in [-0.1, -0.05) is 150 Å². The SMILES string of the molecule is CC[C@H](C)[C@H](NC(=O)[C@H](CC(=O)O)NC(=O)[C@@H](Cc1ccccc1)NC(=O)[C@@H](NC(C)=O)C(c1ccccc1)c1ccccc1)C(=O)N[C@H](C(=O)N[C@@H](Cc1c[nH]c2ccccc12)C(=O)O)[C@@H](C)CC. The van der Waals surface area contributed by atoms with Gasteiger partial charge < -0.3 is 47.1 Å². The predicted octanol–water partition coefficient (Wildman–Crippen LogP) is 4.37. The molecule has 8 atom stereocenters. The van der Waals surface area contributed by atoms with E-state index < -0.39 is 108 Å². The molecule has 6 amide bonds. The standard InChI is InChI=1S/C53H63N7O10/c1-6-31(3)45(50(66)58-42(53(69)70)28-37-30-54-39-26-18-17-25-38(37)39)60-51(67)46(32(4)7-2)59-49(65)41(29-43(62)63)56-48(64)40(27-34-19-11-8-12-20-34)57-52(68)47(55-33(5)61)44(35-21-13-9-14-22-35)36-23-15-10-16-24-36/h8-26,30-32,40-42,44-47,54H,6-7,27-29H2,1-5H3,(H,55,61)(H,56,64)(H,57,68)(H,58,66)(H,59,65)(H,60,67)(H,62,63)(H,69,70)/t31-,32-,40+,41-,42-,45-,46-,47-/m0/s1. The van der Waals surface area contributed by atoms with E-state index in [2.05, 4.69) is 36.9 Å². The second kappa shape index (κ2) is 25.5. The quantitative estimate of drug-likeness (QED) is 0.0399. The molecule has 0 unspecified atom stereocenters. The number of fused-ring (bicyclic) bond motifs is 1. The Morgan fingerprint density at radius 2 is 0.971 bits per heavy atom. The number of para-hydroxylation sites is 1. The molecule has 0 aliphatic rings. The largest absolute Gasteiger partial charge is 0.481 e. The number of hydrogen-bond acceptors (Lipinski definition) is 8. The molecule has 1 aromatic heterocycles. The fourth-order valence-electron chi connectivity index (χ4n) is 8.28. The molecule has 17 nitrogen and oxygen atoms in total. The van der Waals surface area contributed by atoms with Crippen molar-refractivity contribution < 1.29 is 48.6 Å². The van der Waals surface area contributed by atoms with E-state index in [0.29, 0.717) is 35.1 Å². The third kappa shape index (κ3) is 14.6. The van der Waals surface area contributed by atoms with Crippen molar-refractivity contribution in [3.05, 3.63) is 144 Å². The summed E-state index contributed by atoms with van der Waals surface area (Å²) in [5, 5.41) is 36.9. The van der Waals surface area contributed by atoms with Crippen LogP contribution in [0.15, 0.2) is 121 Å². The number of hydrogen-bond donors (Lipinski definition) is 9. The first-order valence-electron chi connectivity index (χ1n) is 23.4. The fourth-order valence-corrected chi connectivity index (χ4v) is 8.28. The minimum absolute atomic E-state index is 0.0534. The van der Waals surface area contributed by atoms with Gasteiger partial charge >= 0.3 is 11.9 Å². The van der Waals surface area contributed by atoms with Crippen LogP contribution in [-0.2, 0) is 51.2 Å². The molecule has 0 saturated carbocycles. The molecule has 370 valence electrons. The smallest absolute Gasteiger partial charge is 0.326 e. The molecule has 5 rings (SSSR count). The van der Waals surface area contributed by atoms with E-state index in [4.69, 9.17) is 0 Å². The number of aliphatic carboxylic acids is 2. The van der Waals surface area contributed by atoms with E-state index in [-0.39, 0.29) is 12.8 Å². The summed E-state index contributed by atoms with van der Waals surface area (Å²) >= 11 is 0. The number of aromatic nitrogens is 1. The number of aromatic amines is 1. The average molecular weight is 958 g/mol. The van der Waals surface area contributed by atoms with Crippen LogP contribution in [0.25, 0.3) is 10.9 Å². The zero-order valence-corrected chi connectivity index (χ0v) is 39.9. The third-order valence-corrected chi connectivity index (χ3v) is 12.5. The summed E-state index contributed by atoms with van der Waals surface area (Å²) < 4.78 is 0.